The predicted molar refractivity (Wildman–Crippen MR) is 103 cm³/mol. The van der Waals surface area contributed by atoms with Crippen LogP contribution in [0.25, 0.3) is 0 Å². The van der Waals surface area contributed by atoms with Gasteiger partial charge >= 0.3 is 5.97 Å². The van der Waals surface area contributed by atoms with Crippen molar-refractivity contribution in [2.75, 3.05) is 13.2 Å². The molecule has 2 aromatic carbocycles. The maximum Gasteiger partial charge on any atom is 0.318 e. The molecule has 1 heterocycles. The van der Waals surface area contributed by atoms with Crippen molar-refractivity contribution in [1.82, 2.24) is 5.32 Å². The van der Waals surface area contributed by atoms with Crippen molar-refractivity contribution < 1.29 is 19.4 Å². The summed E-state index contributed by atoms with van der Waals surface area (Å²) >= 11 is 1.41. The zero-order valence-electron chi connectivity index (χ0n) is 14.9. The van der Waals surface area contributed by atoms with Crippen LogP contribution < -0.4 is 14.8 Å². The number of ether oxygens (including phenoxy) is 2. The molecule has 138 valence electrons. The van der Waals surface area contributed by atoms with Gasteiger partial charge in [0.25, 0.3) is 0 Å². The lowest BCUT2D eigenvalue weighted by Crippen LogP contribution is -2.21. The van der Waals surface area contributed by atoms with Crippen molar-refractivity contribution in [3.63, 3.8) is 0 Å². The number of thioether (sulfide) groups is 1. The van der Waals surface area contributed by atoms with Crippen LogP contribution >= 0.6 is 11.8 Å². The molecule has 1 aliphatic rings. The van der Waals surface area contributed by atoms with Gasteiger partial charge in [0.2, 0.25) is 0 Å². The summed E-state index contributed by atoms with van der Waals surface area (Å²) in [6, 6.07) is 14.0. The van der Waals surface area contributed by atoms with Gasteiger partial charge in [-0.2, -0.15) is 0 Å². The molecule has 0 amide bonds. The topological polar surface area (TPSA) is 67.8 Å². The van der Waals surface area contributed by atoms with E-state index >= 15 is 0 Å². The fourth-order valence-corrected chi connectivity index (χ4v) is 3.99. The Kier molecular flexibility index (Phi) is 6.06. The molecule has 6 heteroatoms. The van der Waals surface area contributed by atoms with Crippen molar-refractivity contribution in [1.29, 1.82) is 0 Å². The van der Waals surface area contributed by atoms with Crippen molar-refractivity contribution in [2.45, 2.75) is 31.1 Å². The zero-order chi connectivity index (χ0) is 18.5. The molecule has 5 nitrogen and oxygen atoms in total. The first kappa shape index (κ1) is 18.6. The van der Waals surface area contributed by atoms with Gasteiger partial charge in [0.05, 0.1) is 12.0 Å². The van der Waals surface area contributed by atoms with E-state index in [1.165, 1.54) is 17.3 Å². The Morgan fingerprint density at radius 3 is 2.77 bits per heavy atom. The van der Waals surface area contributed by atoms with Crippen LogP contribution in [-0.4, -0.2) is 29.5 Å². The van der Waals surface area contributed by atoms with Crippen LogP contribution in [0.15, 0.2) is 42.5 Å². The van der Waals surface area contributed by atoms with Crippen molar-refractivity contribution in [3.8, 4) is 11.5 Å². The molecule has 2 aromatic rings. The molecule has 1 aliphatic heterocycles. The number of carboxylic acid groups (broad SMARTS) is 1. The second-order valence-corrected chi connectivity index (χ2v) is 7.48. The van der Waals surface area contributed by atoms with Crippen molar-refractivity contribution in [3.05, 3.63) is 59.2 Å². The summed E-state index contributed by atoms with van der Waals surface area (Å²) in [6.45, 7) is 5.45. The third-order valence-corrected chi connectivity index (χ3v) is 5.52. The maximum absolute atomic E-state index is 11.1. The van der Waals surface area contributed by atoms with E-state index in [-0.39, 0.29) is 5.37 Å². The Morgan fingerprint density at radius 1 is 1.23 bits per heavy atom. The van der Waals surface area contributed by atoms with Crippen LogP contribution in [0.3, 0.4) is 0 Å². The average molecular weight is 373 g/mol. The van der Waals surface area contributed by atoms with Gasteiger partial charge in [-0.15, -0.1) is 11.8 Å². The van der Waals surface area contributed by atoms with Gasteiger partial charge in [-0.05, 0) is 37.1 Å². The number of benzene rings is 2. The Bertz CT molecular complexity index is 780. The van der Waals surface area contributed by atoms with Gasteiger partial charge in [-0.3, -0.25) is 10.1 Å². The molecular formula is C20H23NO4S. The van der Waals surface area contributed by atoms with Crippen LogP contribution in [0.2, 0.25) is 0 Å². The van der Waals surface area contributed by atoms with Gasteiger partial charge in [-0.1, -0.05) is 35.9 Å². The molecule has 0 aliphatic carbocycles. The maximum atomic E-state index is 11.1. The van der Waals surface area contributed by atoms with Gasteiger partial charge < -0.3 is 14.6 Å². The normalized spacial score (nSPS) is 19.3. The summed E-state index contributed by atoms with van der Waals surface area (Å²) in [5.41, 5.74) is 3.29. The van der Waals surface area contributed by atoms with Crippen molar-refractivity contribution in [2.24, 2.45) is 0 Å². The second kappa shape index (κ2) is 8.47. The highest BCUT2D eigenvalue weighted by Gasteiger charge is 2.31. The van der Waals surface area contributed by atoms with Gasteiger partial charge in [-0.25, -0.2) is 0 Å². The monoisotopic (exact) mass is 373 g/mol. The number of hydrogen-bond acceptors (Lipinski definition) is 5. The number of aryl methyl sites for hydroxylation is 1. The highest BCUT2D eigenvalue weighted by molar-refractivity contribution is 8.01. The molecule has 0 radical (unpaired) electrons. The minimum absolute atomic E-state index is 0.0545. The van der Waals surface area contributed by atoms with E-state index in [0.29, 0.717) is 31.3 Å². The molecule has 26 heavy (non-hydrogen) atoms. The number of carbonyl (C=O) groups is 1. The summed E-state index contributed by atoms with van der Waals surface area (Å²) < 4.78 is 11.7. The molecule has 0 bridgehead atoms. The summed E-state index contributed by atoms with van der Waals surface area (Å²) in [4.78, 5) is 11.1. The fraction of sp³-hybridized carbons (Fsp3) is 0.350. The van der Waals surface area contributed by atoms with Crippen LogP contribution in [0, 0.1) is 6.92 Å². The molecule has 1 saturated heterocycles. The largest absolute Gasteiger partial charge is 0.490 e. The van der Waals surface area contributed by atoms with Crippen LogP contribution in [0.4, 0.5) is 0 Å². The van der Waals surface area contributed by atoms with E-state index in [9.17, 15) is 4.79 Å². The Morgan fingerprint density at radius 2 is 2.08 bits per heavy atom. The third-order valence-electron chi connectivity index (χ3n) is 4.11. The molecule has 0 aromatic heterocycles. The number of nitrogens with one attached hydrogen (secondary N) is 1. The first-order valence-corrected chi connectivity index (χ1v) is 9.58. The first-order valence-electron chi connectivity index (χ1n) is 8.63. The minimum atomic E-state index is -0.784. The van der Waals surface area contributed by atoms with Gasteiger partial charge in [0.1, 0.15) is 11.9 Å². The van der Waals surface area contributed by atoms with E-state index < -0.39 is 11.2 Å². The standard InChI is InChI=1S/C20H23NO4S/c1-3-24-17-10-15(19-21-11-18(26-19)20(22)23)7-8-16(17)25-12-14-6-4-5-13(2)9-14/h4-10,18-19,21H,3,11-12H2,1-2H3,(H,22,23)/t18-,19+/m0/s1. The van der Waals surface area contributed by atoms with E-state index in [2.05, 4.69) is 24.4 Å². The lowest BCUT2D eigenvalue weighted by molar-refractivity contribution is -0.136. The highest BCUT2D eigenvalue weighted by Crippen LogP contribution is 2.39. The SMILES string of the molecule is CCOc1cc([C@@H]2NC[C@@H](C(=O)O)S2)ccc1OCc1cccc(C)c1. The first-order chi connectivity index (χ1) is 12.6. The van der Waals surface area contributed by atoms with E-state index in [1.54, 1.807) is 0 Å². The second-order valence-electron chi connectivity index (χ2n) is 6.17. The van der Waals surface area contributed by atoms with Gasteiger partial charge in [0, 0.05) is 6.54 Å². The summed E-state index contributed by atoms with van der Waals surface area (Å²) in [5, 5.41) is 11.9. The lowest BCUT2D eigenvalue weighted by atomic mass is 10.1. The van der Waals surface area contributed by atoms with Crippen LogP contribution in [0.5, 0.6) is 11.5 Å². The summed E-state index contributed by atoms with van der Waals surface area (Å²) in [6.07, 6.45) is 0. The highest BCUT2D eigenvalue weighted by atomic mass is 32.2. The molecule has 0 spiro atoms. The molecule has 3 rings (SSSR count). The number of aliphatic carboxylic acids is 1. The number of rotatable bonds is 7. The lowest BCUT2D eigenvalue weighted by Gasteiger charge is -2.16. The van der Waals surface area contributed by atoms with E-state index in [1.807, 2.05) is 37.3 Å². The minimum Gasteiger partial charge on any atom is -0.490 e. The van der Waals surface area contributed by atoms with Gasteiger partial charge in [0.15, 0.2) is 11.5 Å². The molecule has 2 atom stereocenters. The van der Waals surface area contributed by atoms with Crippen molar-refractivity contribution >= 4 is 17.7 Å². The molecule has 2 N–H and O–H groups in total. The average Bonchev–Trinajstić information content (AvgIpc) is 3.11. The van der Waals surface area contributed by atoms with E-state index in [0.717, 1.165) is 11.1 Å². The Balaban J connectivity index is 1.73. The Hall–Kier alpha value is -2.18. The predicted octanol–water partition coefficient (Wildman–Crippen LogP) is 3.76. The van der Waals surface area contributed by atoms with Crippen LogP contribution in [0.1, 0.15) is 29.0 Å². The molecular weight excluding hydrogens is 350 g/mol. The molecule has 1 fully saturated rings. The Labute approximate surface area is 157 Å². The van der Waals surface area contributed by atoms with E-state index in [4.69, 9.17) is 14.6 Å². The van der Waals surface area contributed by atoms with Crippen LogP contribution in [-0.2, 0) is 11.4 Å². The smallest absolute Gasteiger partial charge is 0.318 e. The number of carboxylic acids is 1. The number of hydrogen-bond donors (Lipinski definition) is 2. The molecule has 0 unspecified atom stereocenters. The fourth-order valence-electron chi connectivity index (χ4n) is 2.85. The molecule has 0 saturated carbocycles. The zero-order valence-corrected chi connectivity index (χ0v) is 15.7. The summed E-state index contributed by atoms with van der Waals surface area (Å²) in [7, 11) is 0. The quantitative estimate of drug-likeness (QED) is 0.770. The third kappa shape index (κ3) is 4.51. The summed E-state index contributed by atoms with van der Waals surface area (Å²) in [5.74, 6) is 0.585.